The van der Waals surface area contributed by atoms with E-state index in [9.17, 15) is 0 Å². The fourth-order valence-corrected chi connectivity index (χ4v) is 3.55. The Morgan fingerprint density at radius 2 is 2.06 bits per heavy atom. The zero-order valence-corrected chi connectivity index (χ0v) is 13.8. The van der Waals surface area contributed by atoms with Gasteiger partial charge in [0.1, 0.15) is 16.6 Å². The van der Waals surface area contributed by atoms with E-state index in [2.05, 4.69) is 20.8 Å². The van der Waals surface area contributed by atoms with Crippen molar-refractivity contribution >= 4 is 10.5 Å². The molecule has 3 nitrogen and oxygen atoms in total. The lowest BCUT2D eigenvalue weighted by Crippen LogP contribution is -2.38. The van der Waals surface area contributed by atoms with E-state index in [1.54, 1.807) is 0 Å². The summed E-state index contributed by atoms with van der Waals surface area (Å²) in [6, 6.07) is 0. The van der Waals surface area contributed by atoms with Gasteiger partial charge in [0.05, 0.1) is 18.8 Å². The van der Waals surface area contributed by atoms with Gasteiger partial charge in [-0.1, -0.05) is 20.8 Å². The van der Waals surface area contributed by atoms with E-state index in [1.165, 1.54) is 6.42 Å². The molecule has 0 aromatic carbocycles. The normalized spacial score (nSPS) is 21.7. The molecular formula is C13H28O3Si. The van der Waals surface area contributed by atoms with Crippen molar-refractivity contribution in [2.24, 2.45) is 5.92 Å². The molecule has 17 heavy (non-hydrogen) atoms. The predicted molar refractivity (Wildman–Crippen MR) is 73.3 cm³/mol. The molecule has 4 heteroatoms. The third-order valence-electron chi connectivity index (χ3n) is 4.13. The summed E-state index contributed by atoms with van der Waals surface area (Å²) in [5.74, 6) is 0.621. The zero-order chi connectivity index (χ0) is 12.7. The van der Waals surface area contributed by atoms with Crippen molar-refractivity contribution in [3.8, 4) is 0 Å². The summed E-state index contributed by atoms with van der Waals surface area (Å²) in [5.41, 5.74) is 0.117. The van der Waals surface area contributed by atoms with E-state index >= 15 is 0 Å². The van der Waals surface area contributed by atoms with Gasteiger partial charge in [-0.05, 0) is 31.6 Å². The molecule has 1 saturated heterocycles. The molecule has 1 heterocycles. The van der Waals surface area contributed by atoms with Crippen molar-refractivity contribution in [1.82, 2.24) is 0 Å². The van der Waals surface area contributed by atoms with Gasteiger partial charge in [0.25, 0.3) is 0 Å². The Morgan fingerprint density at radius 3 is 2.53 bits per heavy atom. The van der Waals surface area contributed by atoms with Crippen LogP contribution in [-0.2, 0) is 13.9 Å². The summed E-state index contributed by atoms with van der Waals surface area (Å²) in [4.78, 5) is 0. The monoisotopic (exact) mass is 260 g/mol. The van der Waals surface area contributed by atoms with Crippen LogP contribution in [0.5, 0.6) is 0 Å². The summed E-state index contributed by atoms with van der Waals surface area (Å²) in [5, 5.41) is 0. The maximum absolute atomic E-state index is 5.88. The molecule has 1 aliphatic heterocycles. The van der Waals surface area contributed by atoms with Gasteiger partial charge in [0, 0.05) is 6.61 Å². The van der Waals surface area contributed by atoms with E-state index < -0.39 is 0 Å². The lowest BCUT2D eigenvalue weighted by atomic mass is 9.81. The van der Waals surface area contributed by atoms with Gasteiger partial charge < -0.3 is 13.9 Å². The Morgan fingerprint density at radius 1 is 1.41 bits per heavy atom. The van der Waals surface area contributed by atoms with Crippen LogP contribution >= 0.6 is 0 Å². The van der Waals surface area contributed by atoms with Crippen molar-refractivity contribution in [2.45, 2.75) is 58.2 Å². The molecule has 0 bridgehead atoms. The molecule has 2 unspecified atom stereocenters. The van der Waals surface area contributed by atoms with Crippen molar-refractivity contribution in [1.29, 1.82) is 0 Å². The van der Waals surface area contributed by atoms with Gasteiger partial charge in [0.15, 0.2) is 0 Å². The highest BCUT2D eigenvalue weighted by Gasteiger charge is 2.31. The van der Waals surface area contributed by atoms with Crippen LogP contribution in [0, 0.1) is 5.92 Å². The highest BCUT2D eigenvalue weighted by Crippen LogP contribution is 2.31. The molecule has 0 spiro atoms. The second kappa shape index (κ2) is 7.51. The average Bonchev–Trinajstić information content (AvgIpc) is 3.16. The number of hydrogen-bond acceptors (Lipinski definition) is 3. The van der Waals surface area contributed by atoms with Crippen LogP contribution in [0.4, 0.5) is 0 Å². The summed E-state index contributed by atoms with van der Waals surface area (Å²) in [7, 11) is 0.831. The van der Waals surface area contributed by atoms with E-state index in [1.807, 2.05) is 0 Å². The van der Waals surface area contributed by atoms with Crippen LogP contribution in [-0.4, -0.2) is 42.0 Å². The van der Waals surface area contributed by atoms with Gasteiger partial charge in [0.2, 0.25) is 0 Å². The van der Waals surface area contributed by atoms with E-state index in [4.69, 9.17) is 13.9 Å². The standard InChI is InChI=1S/C13H28O3Si/c1-4-13(5-2,16-17)11(3)7-6-8-14-9-12-10-15-12/h11-12H,4-10H2,1-3,17H3. The molecule has 0 radical (unpaired) electrons. The minimum atomic E-state index is 0.117. The zero-order valence-electron chi connectivity index (χ0n) is 11.8. The molecule has 1 aliphatic rings. The first-order chi connectivity index (χ1) is 8.18. The van der Waals surface area contributed by atoms with Crippen molar-refractivity contribution in [2.75, 3.05) is 19.8 Å². The minimum Gasteiger partial charge on any atom is -0.422 e. The summed E-state index contributed by atoms with van der Waals surface area (Å²) < 4.78 is 16.5. The van der Waals surface area contributed by atoms with Crippen molar-refractivity contribution in [3.63, 3.8) is 0 Å². The fourth-order valence-electron chi connectivity index (χ4n) is 2.57. The maximum atomic E-state index is 5.88. The molecule has 2 atom stereocenters. The lowest BCUT2D eigenvalue weighted by molar-refractivity contribution is 0.00639. The SMILES string of the molecule is CCC(CC)(O[SiH3])C(C)CCCOCC1CO1. The first-order valence-electron chi connectivity index (χ1n) is 6.93. The van der Waals surface area contributed by atoms with Gasteiger partial charge in [-0.3, -0.25) is 0 Å². The van der Waals surface area contributed by atoms with Crippen LogP contribution in [0.3, 0.4) is 0 Å². The van der Waals surface area contributed by atoms with Crippen LogP contribution in [0.15, 0.2) is 0 Å². The van der Waals surface area contributed by atoms with Gasteiger partial charge >= 0.3 is 0 Å². The Bertz CT molecular complexity index is 195. The third kappa shape index (κ3) is 4.70. The van der Waals surface area contributed by atoms with Gasteiger partial charge in [-0.2, -0.15) is 0 Å². The first kappa shape index (κ1) is 15.2. The quantitative estimate of drug-likeness (QED) is 0.340. The largest absolute Gasteiger partial charge is 0.422 e. The fraction of sp³-hybridized carbons (Fsp3) is 1.00. The Balaban J connectivity index is 2.14. The molecule has 1 fully saturated rings. The van der Waals surface area contributed by atoms with Crippen LogP contribution in [0.1, 0.15) is 46.5 Å². The average molecular weight is 260 g/mol. The molecule has 0 aromatic heterocycles. The molecule has 0 N–H and O–H groups in total. The minimum absolute atomic E-state index is 0.117. The molecule has 0 aliphatic carbocycles. The summed E-state index contributed by atoms with van der Waals surface area (Å²) >= 11 is 0. The third-order valence-corrected chi connectivity index (χ3v) is 4.95. The van der Waals surface area contributed by atoms with Crippen LogP contribution in [0.2, 0.25) is 0 Å². The maximum Gasteiger partial charge on any atom is 0.146 e. The van der Waals surface area contributed by atoms with Crippen molar-refractivity contribution < 1.29 is 13.9 Å². The molecule has 0 aromatic rings. The topological polar surface area (TPSA) is 31.0 Å². The number of epoxide rings is 1. The highest BCUT2D eigenvalue weighted by atomic mass is 28.2. The van der Waals surface area contributed by atoms with Gasteiger partial charge in [-0.15, -0.1) is 0 Å². The second-order valence-electron chi connectivity index (χ2n) is 5.05. The van der Waals surface area contributed by atoms with E-state index in [0.29, 0.717) is 12.0 Å². The smallest absolute Gasteiger partial charge is 0.146 e. The van der Waals surface area contributed by atoms with E-state index in [0.717, 1.165) is 49.6 Å². The number of rotatable bonds is 10. The molecule has 1 rings (SSSR count). The number of ether oxygens (including phenoxy) is 2. The Kier molecular flexibility index (Phi) is 6.70. The first-order valence-corrected chi connectivity index (χ1v) is 7.74. The van der Waals surface area contributed by atoms with Gasteiger partial charge in [-0.25, -0.2) is 0 Å². The number of hydrogen-bond donors (Lipinski definition) is 0. The van der Waals surface area contributed by atoms with Crippen LogP contribution in [0.25, 0.3) is 0 Å². The lowest BCUT2D eigenvalue weighted by Gasteiger charge is -2.37. The molecule has 102 valence electrons. The van der Waals surface area contributed by atoms with Crippen molar-refractivity contribution in [3.05, 3.63) is 0 Å². The van der Waals surface area contributed by atoms with Crippen LogP contribution < -0.4 is 0 Å². The molecule has 0 amide bonds. The summed E-state index contributed by atoms with van der Waals surface area (Å²) in [6.07, 6.45) is 4.94. The Labute approximate surface area is 109 Å². The molecular weight excluding hydrogens is 232 g/mol. The Hall–Kier alpha value is 0.0969. The predicted octanol–water partition coefficient (Wildman–Crippen LogP) is 1.67. The summed E-state index contributed by atoms with van der Waals surface area (Å²) in [6.45, 7) is 9.30. The second-order valence-corrected chi connectivity index (χ2v) is 5.46. The molecule has 0 saturated carbocycles. The highest BCUT2D eigenvalue weighted by molar-refractivity contribution is 5.98. The van der Waals surface area contributed by atoms with E-state index in [-0.39, 0.29) is 5.60 Å².